The van der Waals surface area contributed by atoms with Gasteiger partial charge in [-0.1, -0.05) is 13.8 Å². The summed E-state index contributed by atoms with van der Waals surface area (Å²) >= 11 is 0. The molecule has 0 aliphatic carbocycles. The lowest BCUT2D eigenvalue weighted by molar-refractivity contribution is 0.0542. The van der Waals surface area contributed by atoms with Crippen LogP contribution in [0.3, 0.4) is 0 Å². The first-order valence-electron chi connectivity index (χ1n) is 6.07. The van der Waals surface area contributed by atoms with E-state index in [-0.39, 0.29) is 6.10 Å². The molecule has 1 unspecified atom stereocenters. The Bertz CT molecular complexity index is 176. The van der Waals surface area contributed by atoms with E-state index in [4.69, 9.17) is 0 Å². The molecule has 1 fully saturated rings. The Labute approximate surface area is 94.1 Å². The molecule has 1 aliphatic rings. The molecule has 0 radical (unpaired) electrons. The molecule has 0 saturated carbocycles. The van der Waals surface area contributed by atoms with E-state index in [1.807, 2.05) is 0 Å². The summed E-state index contributed by atoms with van der Waals surface area (Å²) in [6, 6.07) is 0.662. The maximum atomic E-state index is 9.83. The fraction of sp³-hybridized carbons (Fsp3) is 1.00. The lowest BCUT2D eigenvalue weighted by atomic mass is 10.0. The monoisotopic (exact) mass is 214 g/mol. The van der Waals surface area contributed by atoms with Gasteiger partial charge in [-0.25, -0.2) is 0 Å². The molecule has 0 bridgehead atoms. The van der Waals surface area contributed by atoms with Crippen molar-refractivity contribution in [2.75, 3.05) is 33.7 Å². The minimum atomic E-state index is -0.186. The smallest absolute Gasteiger partial charge is 0.0689 e. The van der Waals surface area contributed by atoms with Gasteiger partial charge in [0.2, 0.25) is 0 Å². The van der Waals surface area contributed by atoms with Crippen molar-refractivity contribution in [3.8, 4) is 0 Å². The summed E-state index contributed by atoms with van der Waals surface area (Å²) in [4.78, 5) is 4.71. The largest absolute Gasteiger partial charge is 0.392 e. The molecule has 3 heteroatoms. The van der Waals surface area contributed by atoms with Crippen LogP contribution in [0.5, 0.6) is 0 Å². The van der Waals surface area contributed by atoms with Gasteiger partial charge in [-0.05, 0) is 45.9 Å². The van der Waals surface area contributed by atoms with Gasteiger partial charge in [0.25, 0.3) is 0 Å². The van der Waals surface area contributed by atoms with Crippen LogP contribution in [0.2, 0.25) is 0 Å². The van der Waals surface area contributed by atoms with Crippen LogP contribution >= 0.6 is 0 Å². The molecular weight excluding hydrogens is 188 g/mol. The molecule has 1 saturated heterocycles. The van der Waals surface area contributed by atoms with Crippen LogP contribution in [0, 0.1) is 5.92 Å². The van der Waals surface area contributed by atoms with Crippen LogP contribution < -0.4 is 0 Å². The number of aliphatic hydroxyl groups excluding tert-OH is 1. The van der Waals surface area contributed by atoms with Gasteiger partial charge in [-0.3, -0.25) is 0 Å². The summed E-state index contributed by atoms with van der Waals surface area (Å²) in [6.07, 6.45) is 2.28. The van der Waals surface area contributed by atoms with Crippen molar-refractivity contribution >= 4 is 0 Å². The van der Waals surface area contributed by atoms with Crippen LogP contribution in [0.1, 0.15) is 26.7 Å². The van der Waals surface area contributed by atoms with Gasteiger partial charge in [-0.15, -0.1) is 0 Å². The van der Waals surface area contributed by atoms with E-state index in [0.29, 0.717) is 12.0 Å². The Morgan fingerprint density at radius 3 is 2.33 bits per heavy atom. The van der Waals surface area contributed by atoms with Gasteiger partial charge in [0.05, 0.1) is 6.10 Å². The van der Waals surface area contributed by atoms with Crippen LogP contribution in [-0.4, -0.2) is 60.8 Å². The van der Waals surface area contributed by atoms with E-state index in [0.717, 1.165) is 6.54 Å². The van der Waals surface area contributed by atoms with E-state index >= 15 is 0 Å². The summed E-state index contributed by atoms with van der Waals surface area (Å²) in [5.74, 6) is 0.360. The third-order valence-electron chi connectivity index (χ3n) is 3.56. The lowest BCUT2D eigenvalue weighted by Crippen LogP contribution is -2.45. The fourth-order valence-electron chi connectivity index (χ4n) is 2.09. The second kappa shape index (κ2) is 5.83. The number of hydrogen-bond acceptors (Lipinski definition) is 3. The quantitative estimate of drug-likeness (QED) is 0.757. The lowest BCUT2D eigenvalue weighted by Gasteiger charge is -2.36. The second-order valence-corrected chi connectivity index (χ2v) is 5.29. The molecule has 1 heterocycles. The summed E-state index contributed by atoms with van der Waals surface area (Å²) in [5, 5.41) is 9.83. The van der Waals surface area contributed by atoms with Gasteiger partial charge in [-0.2, -0.15) is 0 Å². The molecule has 1 aliphatic heterocycles. The van der Waals surface area contributed by atoms with Crippen molar-refractivity contribution in [3.05, 3.63) is 0 Å². The fourth-order valence-corrected chi connectivity index (χ4v) is 2.09. The number of hydrogen-bond donors (Lipinski definition) is 1. The Morgan fingerprint density at radius 2 is 1.87 bits per heavy atom. The highest BCUT2D eigenvalue weighted by molar-refractivity contribution is 4.78. The number of likely N-dealkylation sites (tertiary alicyclic amines) is 1. The number of nitrogens with zero attached hydrogens (tertiary/aromatic N) is 2. The minimum Gasteiger partial charge on any atom is -0.392 e. The van der Waals surface area contributed by atoms with Crippen molar-refractivity contribution in [3.63, 3.8) is 0 Å². The molecule has 1 rings (SSSR count). The van der Waals surface area contributed by atoms with E-state index in [9.17, 15) is 5.11 Å². The molecule has 90 valence electrons. The summed E-state index contributed by atoms with van der Waals surface area (Å²) in [7, 11) is 4.32. The average Bonchev–Trinajstić information content (AvgIpc) is 2.18. The summed E-state index contributed by atoms with van der Waals surface area (Å²) in [5.41, 5.74) is 0. The predicted octanol–water partition coefficient (Wildman–Crippen LogP) is 1.03. The van der Waals surface area contributed by atoms with E-state index < -0.39 is 0 Å². The standard InChI is InChI=1S/C12H26N2O/c1-10(2)12(15)9-14(4)11-5-7-13(3)8-6-11/h10-12,15H,5-9H2,1-4H3. The van der Waals surface area contributed by atoms with Gasteiger partial charge < -0.3 is 14.9 Å². The average molecular weight is 214 g/mol. The van der Waals surface area contributed by atoms with E-state index in [1.165, 1.54) is 25.9 Å². The third-order valence-corrected chi connectivity index (χ3v) is 3.56. The second-order valence-electron chi connectivity index (χ2n) is 5.29. The highest BCUT2D eigenvalue weighted by Gasteiger charge is 2.22. The Balaban J connectivity index is 2.30. The Kier molecular flexibility index (Phi) is 5.03. The molecule has 0 amide bonds. The van der Waals surface area contributed by atoms with Crippen LogP contribution in [0.4, 0.5) is 0 Å². The first-order chi connectivity index (χ1) is 7.00. The highest BCUT2D eigenvalue weighted by atomic mass is 16.3. The molecule has 0 aromatic carbocycles. The molecular formula is C12H26N2O. The van der Waals surface area contributed by atoms with Gasteiger partial charge in [0, 0.05) is 12.6 Å². The molecule has 1 N–H and O–H groups in total. The van der Waals surface area contributed by atoms with Crippen molar-refractivity contribution in [2.45, 2.75) is 38.8 Å². The first-order valence-corrected chi connectivity index (χ1v) is 6.07. The molecule has 15 heavy (non-hydrogen) atoms. The van der Waals surface area contributed by atoms with Gasteiger partial charge >= 0.3 is 0 Å². The maximum Gasteiger partial charge on any atom is 0.0689 e. The minimum absolute atomic E-state index is 0.186. The molecule has 1 atom stereocenters. The maximum absolute atomic E-state index is 9.83. The van der Waals surface area contributed by atoms with E-state index in [2.05, 4.69) is 37.7 Å². The van der Waals surface area contributed by atoms with Crippen LogP contribution in [0.15, 0.2) is 0 Å². The first kappa shape index (κ1) is 12.9. The molecule has 0 spiro atoms. The SMILES string of the molecule is CC(C)C(O)CN(C)C1CCN(C)CC1. The number of piperidine rings is 1. The van der Waals surface area contributed by atoms with Crippen LogP contribution in [0.25, 0.3) is 0 Å². The normalized spacial score (nSPS) is 22.6. The zero-order valence-corrected chi connectivity index (χ0v) is 10.6. The van der Waals surface area contributed by atoms with Crippen molar-refractivity contribution < 1.29 is 5.11 Å². The van der Waals surface area contributed by atoms with Crippen molar-refractivity contribution in [1.29, 1.82) is 0 Å². The number of likely N-dealkylation sites (N-methyl/N-ethyl adjacent to an activating group) is 1. The van der Waals surface area contributed by atoms with Crippen molar-refractivity contribution in [2.24, 2.45) is 5.92 Å². The van der Waals surface area contributed by atoms with Gasteiger partial charge in [0.1, 0.15) is 0 Å². The summed E-state index contributed by atoms with van der Waals surface area (Å²) < 4.78 is 0. The zero-order valence-electron chi connectivity index (χ0n) is 10.6. The summed E-state index contributed by atoms with van der Waals surface area (Å²) in [6.45, 7) is 7.34. The Hall–Kier alpha value is -0.120. The topological polar surface area (TPSA) is 26.7 Å². The highest BCUT2D eigenvalue weighted by Crippen LogP contribution is 2.15. The third kappa shape index (κ3) is 4.09. The zero-order chi connectivity index (χ0) is 11.4. The van der Waals surface area contributed by atoms with Crippen LogP contribution in [-0.2, 0) is 0 Å². The molecule has 3 nitrogen and oxygen atoms in total. The molecule has 0 aromatic heterocycles. The van der Waals surface area contributed by atoms with Crippen molar-refractivity contribution in [1.82, 2.24) is 9.80 Å². The molecule has 0 aromatic rings. The Morgan fingerprint density at radius 1 is 1.33 bits per heavy atom. The predicted molar refractivity (Wildman–Crippen MR) is 64.0 cm³/mol. The number of aliphatic hydroxyl groups is 1. The van der Waals surface area contributed by atoms with Gasteiger partial charge in [0.15, 0.2) is 0 Å². The number of rotatable bonds is 4. The van der Waals surface area contributed by atoms with E-state index in [1.54, 1.807) is 0 Å².